The first-order valence-electron chi connectivity index (χ1n) is 9.12. The number of hydrogen-bond acceptors (Lipinski definition) is 7. The van der Waals surface area contributed by atoms with Gasteiger partial charge in [-0.1, -0.05) is 26.8 Å². The van der Waals surface area contributed by atoms with Crippen molar-refractivity contribution in [2.45, 2.75) is 32.4 Å². The Morgan fingerprint density at radius 1 is 1.12 bits per heavy atom. The minimum absolute atomic E-state index is 0.00621. The van der Waals surface area contributed by atoms with Crippen LogP contribution in [0, 0.1) is 5.82 Å². The topological polar surface area (TPSA) is 111 Å². The zero-order valence-corrected chi connectivity index (χ0v) is 18.8. The van der Waals surface area contributed by atoms with E-state index in [1.807, 2.05) is 20.8 Å². The first kappa shape index (κ1) is 23.9. The second kappa shape index (κ2) is 8.28. The van der Waals surface area contributed by atoms with Crippen LogP contribution in [-0.4, -0.2) is 35.3 Å². The van der Waals surface area contributed by atoms with Gasteiger partial charge in [0.2, 0.25) is 16.0 Å². The minimum Gasteiger partial charge on any atom is -0.368 e. The van der Waals surface area contributed by atoms with Gasteiger partial charge in [0.15, 0.2) is 11.6 Å². The van der Waals surface area contributed by atoms with Crippen molar-refractivity contribution < 1.29 is 26.0 Å². The lowest BCUT2D eigenvalue weighted by Crippen LogP contribution is -2.28. The highest BCUT2D eigenvalue weighted by molar-refractivity contribution is 7.92. The van der Waals surface area contributed by atoms with Crippen LogP contribution in [0.3, 0.4) is 0 Å². The number of sulfonamides is 1. The van der Waals surface area contributed by atoms with E-state index in [0.717, 1.165) is 6.07 Å². The molecule has 0 bridgehead atoms. The molecule has 0 aliphatic rings. The predicted octanol–water partition coefficient (Wildman–Crippen LogP) is 4.59. The molecule has 172 valence electrons. The zero-order valence-electron chi connectivity index (χ0n) is 17.2. The third kappa shape index (κ3) is 5.51. The number of aromatic nitrogens is 3. The third-order valence-electron chi connectivity index (χ3n) is 4.05. The summed E-state index contributed by atoms with van der Waals surface area (Å²) in [6.45, 7) is 5.73. The van der Waals surface area contributed by atoms with Gasteiger partial charge in [-0.2, -0.15) is 13.2 Å². The van der Waals surface area contributed by atoms with Crippen LogP contribution < -0.4 is 10.5 Å². The number of hydrogen-bond donors (Lipinski definition) is 2. The van der Waals surface area contributed by atoms with Crippen LogP contribution in [0.25, 0.3) is 21.8 Å². The monoisotopic (exact) mass is 489 g/mol. The molecule has 3 aromatic rings. The van der Waals surface area contributed by atoms with Crippen molar-refractivity contribution in [1.29, 1.82) is 0 Å². The lowest BCUT2D eigenvalue weighted by molar-refractivity contribution is -0.106. The quantitative estimate of drug-likeness (QED) is 0.507. The Kier molecular flexibility index (Phi) is 6.17. The molecule has 2 heterocycles. The molecule has 3 rings (SSSR count). The molecule has 0 amide bonds. The molecule has 0 atom stereocenters. The minimum atomic E-state index is -4.98. The van der Waals surface area contributed by atoms with Gasteiger partial charge >= 0.3 is 6.18 Å². The maximum Gasteiger partial charge on any atom is 0.404 e. The molecule has 3 N–H and O–H groups in total. The lowest BCUT2D eigenvalue weighted by Gasteiger charge is -2.14. The largest absolute Gasteiger partial charge is 0.404 e. The summed E-state index contributed by atoms with van der Waals surface area (Å²) in [6.07, 6.45) is -3.55. The Morgan fingerprint density at radius 2 is 1.81 bits per heavy atom. The molecule has 1 aromatic carbocycles. The molecule has 0 unspecified atom stereocenters. The smallest absolute Gasteiger partial charge is 0.368 e. The Labute approximate surface area is 185 Å². The van der Waals surface area contributed by atoms with Crippen molar-refractivity contribution in [1.82, 2.24) is 15.0 Å². The van der Waals surface area contributed by atoms with E-state index in [9.17, 15) is 21.6 Å². The van der Waals surface area contributed by atoms with Crippen LogP contribution >= 0.6 is 11.3 Å². The molecule has 0 aliphatic carbocycles. The number of nitrogens with one attached hydrogen (secondary N) is 1. The molecule has 0 aliphatic heterocycles. The van der Waals surface area contributed by atoms with E-state index >= 15 is 4.39 Å². The summed E-state index contributed by atoms with van der Waals surface area (Å²) in [6, 6.07) is 5.27. The zero-order chi connectivity index (χ0) is 23.9. The molecule has 32 heavy (non-hydrogen) atoms. The highest BCUT2D eigenvalue weighted by Gasteiger charge is 2.36. The maximum atomic E-state index is 15.3. The number of benzene rings is 1. The number of nitrogens with zero attached hydrogens (tertiary/aromatic N) is 3. The average molecular weight is 490 g/mol. The Balaban J connectivity index is 2.14. The summed E-state index contributed by atoms with van der Waals surface area (Å²) in [5.41, 5.74) is 5.08. The fourth-order valence-electron chi connectivity index (χ4n) is 2.71. The number of nitrogens with two attached hydrogens (primary N) is 1. The molecule has 0 saturated heterocycles. The molecule has 0 saturated carbocycles. The van der Waals surface area contributed by atoms with Crippen LogP contribution in [0.15, 0.2) is 30.5 Å². The first-order valence-corrected chi connectivity index (χ1v) is 11.6. The van der Waals surface area contributed by atoms with Crippen LogP contribution in [0.5, 0.6) is 0 Å². The maximum absolute atomic E-state index is 15.3. The molecular formula is C19H19F4N5O2S2. The summed E-state index contributed by atoms with van der Waals surface area (Å²) < 4.78 is 78.3. The Morgan fingerprint density at radius 3 is 2.41 bits per heavy atom. The summed E-state index contributed by atoms with van der Waals surface area (Å²) in [4.78, 5) is 13.0. The number of rotatable bonds is 5. The van der Waals surface area contributed by atoms with Crippen LogP contribution in [-0.2, 0) is 15.4 Å². The normalized spacial score (nSPS) is 12.7. The second-order valence-corrected chi connectivity index (χ2v) is 10.6. The van der Waals surface area contributed by atoms with E-state index in [0.29, 0.717) is 15.6 Å². The summed E-state index contributed by atoms with van der Waals surface area (Å²) in [5.74, 6) is -3.21. The van der Waals surface area contributed by atoms with E-state index < -0.39 is 38.9 Å². The van der Waals surface area contributed by atoms with Crippen molar-refractivity contribution in [2.75, 3.05) is 16.2 Å². The average Bonchev–Trinajstić information content (AvgIpc) is 3.07. The van der Waals surface area contributed by atoms with E-state index in [4.69, 9.17) is 5.73 Å². The number of alkyl halides is 3. The van der Waals surface area contributed by atoms with Gasteiger partial charge in [0, 0.05) is 17.2 Å². The van der Waals surface area contributed by atoms with Crippen molar-refractivity contribution in [3.63, 3.8) is 0 Å². The number of nitrogen functional groups attached to an aromatic ring is 1. The fraction of sp³-hybridized carbons (Fsp3) is 0.316. The Bertz CT molecular complexity index is 1250. The number of halogens is 4. The van der Waals surface area contributed by atoms with Gasteiger partial charge in [0.05, 0.1) is 27.0 Å². The van der Waals surface area contributed by atoms with Gasteiger partial charge < -0.3 is 5.73 Å². The van der Waals surface area contributed by atoms with Crippen molar-refractivity contribution in [3.05, 3.63) is 41.3 Å². The van der Waals surface area contributed by atoms with Gasteiger partial charge in [-0.05, 0) is 18.2 Å². The van der Waals surface area contributed by atoms with Gasteiger partial charge in [0.25, 0.3) is 0 Å². The molecule has 2 aromatic heterocycles. The van der Waals surface area contributed by atoms with Crippen LogP contribution in [0.2, 0.25) is 0 Å². The summed E-state index contributed by atoms with van der Waals surface area (Å²) >= 11 is 1.25. The molecule has 7 nitrogen and oxygen atoms in total. The van der Waals surface area contributed by atoms with Crippen molar-refractivity contribution in [2.24, 2.45) is 0 Å². The summed E-state index contributed by atoms with van der Waals surface area (Å²) in [7, 11) is -4.87. The molecule has 0 spiro atoms. The molecule has 0 radical (unpaired) electrons. The first-order chi connectivity index (χ1) is 14.7. The summed E-state index contributed by atoms with van der Waals surface area (Å²) in [5, 5.41) is 0.641. The van der Waals surface area contributed by atoms with E-state index in [-0.39, 0.29) is 17.2 Å². The molecule has 13 heteroatoms. The van der Waals surface area contributed by atoms with E-state index in [1.165, 1.54) is 29.7 Å². The van der Waals surface area contributed by atoms with Gasteiger partial charge in [-0.25, -0.2) is 27.8 Å². The third-order valence-corrected chi connectivity index (χ3v) is 6.79. The number of thiazole rings is 1. The highest BCUT2D eigenvalue weighted by atomic mass is 32.2. The van der Waals surface area contributed by atoms with Gasteiger partial charge in [-0.3, -0.25) is 4.72 Å². The highest BCUT2D eigenvalue weighted by Crippen LogP contribution is 2.41. The molecule has 0 fully saturated rings. The second-order valence-electron chi connectivity index (χ2n) is 7.89. The van der Waals surface area contributed by atoms with Crippen LogP contribution in [0.4, 0.5) is 29.2 Å². The predicted molar refractivity (Wildman–Crippen MR) is 115 cm³/mol. The SMILES string of the molecule is CC(C)(C)c1nc(-c2cccc(NS(=O)(=O)CC(F)(F)F)c2F)c(-c2ccnc(N)n2)s1. The fourth-order valence-corrected chi connectivity index (χ4v) is 4.81. The van der Waals surface area contributed by atoms with Crippen molar-refractivity contribution >= 4 is 33.0 Å². The Hall–Kier alpha value is -2.80. The van der Waals surface area contributed by atoms with Gasteiger partial charge in [0.1, 0.15) is 0 Å². The van der Waals surface area contributed by atoms with Gasteiger partial charge in [-0.15, -0.1) is 11.3 Å². The van der Waals surface area contributed by atoms with E-state index in [2.05, 4.69) is 15.0 Å². The standard InChI is InChI=1S/C19H19F4N5O2S2/c1-18(2,3)16-27-14(15(31-16)12-7-8-25-17(24)26-12)10-5-4-6-11(13(10)20)28-32(29,30)9-19(21,22)23/h4-8,28H,9H2,1-3H3,(H2,24,25,26). The van der Waals surface area contributed by atoms with Crippen LogP contribution in [0.1, 0.15) is 25.8 Å². The van der Waals surface area contributed by atoms with Crippen molar-refractivity contribution in [3.8, 4) is 21.8 Å². The molecular weight excluding hydrogens is 470 g/mol. The lowest BCUT2D eigenvalue weighted by atomic mass is 9.98. The van der Waals surface area contributed by atoms with E-state index in [1.54, 1.807) is 10.8 Å². The number of anilines is 2.